The maximum absolute atomic E-state index is 13.5. The van der Waals surface area contributed by atoms with Gasteiger partial charge in [-0.2, -0.15) is 0 Å². The molecule has 1 aromatic rings. The topological polar surface area (TPSA) is 25.8 Å². The van der Waals surface area contributed by atoms with Crippen molar-refractivity contribution >= 4 is 0 Å². The summed E-state index contributed by atoms with van der Waals surface area (Å²) in [6.07, 6.45) is 1.61. The lowest BCUT2D eigenvalue weighted by Gasteiger charge is -2.14. The highest BCUT2D eigenvalue weighted by atomic mass is 19.1. The maximum atomic E-state index is 13.5. The van der Waals surface area contributed by atoms with Crippen LogP contribution in [-0.2, 0) is 5.67 Å². The van der Waals surface area contributed by atoms with Crippen molar-refractivity contribution in [3.63, 3.8) is 0 Å². The lowest BCUT2D eigenvalue weighted by atomic mass is 10.1. The Kier molecular flexibility index (Phi) is 2.64. The molecule has 0 unspecified atom stereocenters. The number of hydrogen-bond donors (Lipinski definition) is 0. The summed E-state index contributed by atoms with van der Waals surface area (Å²) in [6, 6.07) is 1.62. The van der Waals surface area contributed by atoms with Crippen molar-refractivity contribution in [3.8, 4) is 0 Å². The molecule has 0 radical (unpaired) electrons. The van der Waals surface area contributed by atoms with Crippen molar-refractivity contribution in [1.82, 2.24) is 9.97 Å². The van der Waals surface area contributed by atoms with E-state index < -0.39 is 5.67 Å². The zero-order valence-corrected chi connectivity index (χ0v) is 8.50. The summed E-state index contributed by atoms with van der Waals surface area (Å²) in [5.41, 5.74) is -0.932. The molecule has 0 fully saturated rings. The lowest BCUT2D eigenvalue weighted by molar-refractivity contribution is 0.213. The van der Waals surface area contributed by atoms with Crippen LogP contribution in [-0.4, -0.2) is 9.97 Å². The Hall–Kier alpha value is -0.990. The Morgan fingerprint density at radius 2 is 2.00 bits per heavy atom. The maximum Gasteiger partial charge on any atom is 0.147 e. The molecule has 0 spiro atoms. The molecule has 0 saturated carbocycles. The molecule has 13 heavy (non-hydrogen) atoms. The van der Waals surface area contributed by atoms with Gasteiger partial charge in [-0.15, -0.1) is 0 Å². The quantitative estimate of drug-likeness (QED) is 0.702. The Morgan fingerprint density at radius 1 is 1.38 bits per heavy atom. The number of halogens is 1. The predicted octanol–water partition coefficient (Wildman–Crippen LogP) is 2.80. The average molecular weight is 182 g/mol. The molecule has 2 nitrogen and oxygen atoms in total. The first-order valence-corrected chi connectivity index (χ1v) is 4.43. The van der Waals surface area contributed by atoms with Crippen LogP contribution in [0.4, 0.5) is 4.39 Å². The molecular weight excluding hydrogens is 167 g/mol. The summed E-state index contributed by atoms with van der Waals surface area (Å²) >= 11 is 0. The van der Waals surface area contributed by atoms with Gasteiger partial charge in [0.15, 0.2) is 0 Å². The minimum Gasteiger partial charge on any atom is -0.241 e. The second-order valence-corrected chi connectivity index (χ2v) is 3.93. The summed E-state index contributed by atoms with van der Waals surface area (Å²) in [5.74, 6) is 0.936. The van der Waals surface area contributed by atoms with Crippen LogP contribution in [0.2, 0.25) is 0 Å². The number of hydrogen-bond acceptors (Lipinski definition) is 2. The van der Waals surface area contributed by atoms with Gasteiger partial charge in [-0.25, -0.2) is 14.4 Å². The molecule has 0 aliphatic rings. The molecule has 0 aliphatic carbocycles. The third kappa shape index (κ3) is 2.47. The molecule has 0 aliphatic heterocycles. The predicted molar refractivity (Wildman–Crippen MR) is 50.3 cm³/mol. The van der Waals surface area contributed by atoms with Crippen LogP contribution >= 0.6 is 0 Å². The summed E-state index contributed by atoms with van der Waals surface area (Å²) in [4.78, 5) is 8.23. The molecule has 1 aromatic heterocycles. The van der Waals surface area contributed by atoms with Crippen LogP contribution in [0.3, 0.4) is 0 Å². The molecule has 1 heterocycles. The van der Waals surface area contributed by atoms with E-state index in [9.17, 15) is 4.39 Å². The van der Waals surface area contributed by atoms with Gasteiger partial charge in [0.05, 0.1) is 5.69 Å². The Labute approximate surface area is 78.2 Å². The minimum absolute atomic E-state index is 0.238. The molecule has 0 aromatic carbocycles. The zero-order valence-electron chi connectivity index (χ0n) is 8.50. The van der Waals surface area contributed by atoms with Gasteiger partial charge >= 0.3 is 0 Å². The van der Waals surface area contributed by atoms with Crippen molar-refractivity contribution in [3.05, 3.63) is 23.8 Å². The fourth-order valence-corrected chi connectivity index (χ4v) is 0.983. The minimum atomic E-state index is -1.38. The van der Waals surface area contributed by atoms with Crippen LogP contribution in [0.1, 0.15) is 45.1 Å². The Bertz CT molecular complexity index is 289. The van der Waals surface area contributed by atoms with Gasteiger partial charge < -0.3 is 0 Å². The largest absolute Gasteiger partial charge is 0.241 e. The van der Waals surface area contributed by atoms with Gasteiger partial charge in [0.25, 0.3) is 0 Å². The fourth-order valence-electron chi connectivity index (χ4n) is 0.983. The van der Waals surface area contributed by atoms with E-state index in [1.165, 1.54) is 13.8 Å². The van der Waals surface area contributed by atoms with E-state index in [1.54, 1.807) is 12.3 Å². The van der Waals surface area contributed by atoms with Crippen LogP contribution < -0.4 is 0 Å². The molecule has 0 saturated heterocycles. The van der Waals surface area contributed by atoms with Gasteiger partial charge in [0, 0.05) is 12.1 Å². The standard InChI is InChI=1S/C10H15FN2/c1-7(2)9-12-6-5-8(13-9)10(3,4)11/h5-7H,1-4H3. The van der Waals surface area contributed by atoms with Crippen LogP contribution in [0.5, 0.6) is 0 Å². The molecule has 0 amide bonds. The molecule has 1 rings (SSSR count). The highest BCUT2D eigenvalue weighted by Gasteiger charge is 2.21. The first-order valence-electron chi connectivity index (χ1n) is 4.43. The number of nitrogens with zero attached hydrogens (tertiary/aromatic N) is 2. The van der Waals surface area contributed by atoms with E-state index >= 15 is 0 Å². The zero-order chi connectivity index (χ0) is 10.1. The van der Waals surface area contributed by atoms with E-state index in [2.05, 4.69) is 9.97 Å². The van der Waals surface area contributed by atoms with Gasteiger partial charge in [-0.1, -0.05) is 13.8 Å². The molecule has 0 atom stereocenters. The summed E-state index contributed by atoms with van der Waals surface area (Å²) in [7, 11) is 0. The van der Waals surface area contributed by atoms with Gasteiger partial charge in [0.1, 0.15) is 11.5 Å². The Balaban J connectivity index is 3.06. The van der Waals surface area contributed by atoms with Crippen molar-refractivity contribution < 1.29 is 4.39 Å². The second-order valence-electron chi connectivity index (χ2n) is 3.93. The molecule has 0 bridgehead atoms. The van der Waals surface area contributed by atoms with E-state index in [0.717, 1.165) is 0 Å². The van der Waals surface area contributed by atoms with Crippen LogP contribution in [0.25, 0.3) is 0 Å². The van der Waals surface area contributed by atoms with Gasteiger partial charge in [-0.3, -0.25) is 0 Å². The smallest absolute Gasteiger partial charge is 0.147 e. The number of rotatable bonds is 2. The third-order valence-corrected chi connectivity index (χ3v) is 1.80. The Morgan fingerprint density at radius 3 is 2.46 bits per heavy atom. The SMILES string of the molecule is CC(C)c1nccc(C(C)(C)F)n1. The summed E-state index contributed by atoms with van der Waals surface area (Å²) < 4.78 is 13.5. The van der Waals surface area contributed by atoms with E-state index in [0.29, 0.717) is 11.5 Å². The second kappa shape index (κ2) is 3.40. The van der Waals surface area contributed by atoms with Crippen molar-refractivity contribution in [2.75, 3.05) is 0 Å². The van der Waals surface area contributed by atoms with E-state index in [4.69, 9.17) is 0 Å². The summed E-state index contributed by atoms with van der Waals surface area (Å²) in [6.45, 7) is 6.98. The van der Waals surface area contributed by atoms with Crippen molar-refractivity contribution in [2.24, 2.45) is 0 Å². The first kappa shape index (κ1) is 10.1. The highest BCUT2D eigenvalue weighted by Crippen LogP contribution is 2.22. The van der Waals surface area contributed by atoms with E-state index in [-0.39, 0.29) is 5.92 Å². The summed E-state index contributed by atoms with van der Waals surface area (Å²) in [5, 5.41) is 0. The monoisotopic (exact) mass is 182 g/mol. The lowest BCUT2D eigenvalue weighted by Crippen LogP contribution is -2.13. The molecule has 72 valence electrons. The fraction of sp³-hybridized carbons (Fsp3) is 0.600. The normalized spacial score (nSPS) is 12.2. The first-order chi connectivity index (χ1) is 5.91. The molecular formula is C10H15FN2. The van der Waals surface area contributed by atoms with Crippen molar-refractivity contribution in [1.29, 1.82) is 0 Å². The molecule has 3 heteroatoms. The molecule has 0 N–H and O–H groups in total. The van der Waals surface area contributed by atoms with Gasteiger partial charge in [0.2, 0.25) is 0 Å². The van der Waals surface area contributed by atoms with Crippen LogP contribution in [0, 0.1) is 0 Å². The van der Waals surface area contributed by atoms with Crippen molar-refractivity contribution in [2.45, 2.75) is 39.3 Å². The number of aromatic nitrogens is 2. The third-order valence-electron chi connectivity index (χ3n) is 1.80. The van der Waals surface area contributed by atoms with Gasteiger partial charge in [-0.05, 0) is 19.9 Å². The number of alkyl halides is 1. The van der Waals surface area contributed by atoms with E-state index in [1.807, 2.05) is 13.8 Å². The van der Waals surface area contributed by atoms with Crippen LogP contribution in [0.15, 0.2) is 12.3 Å². The average Bonchev–Trinajstić information content (AvgIpc) is 2.03. The highest BCUT2D eigenvalue weighted by molar-refractivity contribution is 5.11.